The molecule has 0 unspecified atom stereocenters. The fraction of sp³-hybridized carbons (Fsp3) is 0. The molecule has 0 aliphatic heterocycles. The minimum Gasteiger partial charge on any atom is -0.205 e. The summed E-state index contributed by atoms with van der Waals surface area (Å²) in [6.45, 7) is 0. The first kappa shape index (κ1) is 8.16. The van der Waals surface area contributed by atoms with Crippen LogP contribution in [0.3, 0.4) is 0 Å². The fourth-order valence-electron chi connectivity index (χ4n) is 0.741. The monoisotopic (exact) mass is 164 g/mol. The summed E-state index contributed by atoms with van der Waals surface area (Å²) < 4.78 is 25.4. The van der Waals surface area contributed by atoms with Crippen molar-refractivity contribution in [3.05, 3.63) is 34.9 Å². The highest BCUT2D eigenvalue weighted by Crippen LogP contribution is 2.14. The first-order valence-corrected chi connectivity index (χ1v) is 2.99. The summed E-state index contributed by atoms with van der Waals surface area (Å²) in [5, 5.41) is 16.6. The molecule has 0 amide bonds. The third-order valence-electron chi connectivity index (χ3n) is 1.32. The van der Waals surface area contributed by atoms with Gasteiger partial charge >= 0.3 is 0 Å². The molecule has 0 spiro atoms. The molecule has 2 nitrogen and oxygen atoms in total. The summed E-state index contributed by atoms with van der Waals surface area (Å²) in [5.41, 5.74) is -1.04. The SMILES string of the molecule is N#Cc1ccc(F)c(C#N)c1F. The van der Waals surface area contributed by atoms with Crippen molar-refractivity contribution in [2.75, 3.05) is 0 Å². The van der Waals surface area contributed by atoms with E-state index in [9.17, 15) is 8.78 Å². The summed E-state index contributed by atoms with van der Waals surface area (Å²) in [4.78, 5) is 0. The number of nitrogens with zero attached hydrogens (tertiary/aromatic N) is 2. The Bertz CT molecular complexity index is 399. The van der Waals surface area contributed by atoms with Crippen LogP contribution in [0.25, 0.3) is 0 Å². The maximum absolute atomic E-state index is 12.8. The molecule has 1 aromatic rings. The highest BCUT2D eigenvalue weighted by atomic mass is 19.1. The summed E-state index contributed by atoms with van der Waals surface area (Å²) >= 11 is 0. The Morgan fingerprint density at radius 3 is 2.25 bits per heavy atom. The molecule has 0 atom stereocenters. The molecular formula is C8H2F2N2. The van der Waals surface area contributed by atoms with Crippen molar-refractivity contribution in [1.82, 2.24) is 0 Å². The van der Waals surface area contributed by atoms with Crippen molar-refractivity contribution in [2.24, 2.45) is 0 Å². The van der Waals surface area contributed by atoms with E-state index in [1.54, 1.807) is 0 Å². The fourth-order valence-corrected chi connectivity index (χ4v) is 0.741. The topological polar surface area (TPSA) is 47.6 Å². The van der Waals surface area contributed by atoms with Gasteiger partial charge in [0.25, 0.3) is 0 Å². The molecule has 1 rings (SSSR count). The van der Waals surface area contributed by atoms with E-state index >= 15 is 0 Å². The zero-order valence-electron chi connectivity index (χ0n) is 5.81. The number of benzene rings is 1. The Balaban J connectivity index is 3.50. The second-order valence-corrected chi connectivity index (χ2v) is 2.01. The maximum Gasteiger partial charge on any atom is 0.161 e. The minimum absolute atomic E-state index is 0.326. The van der Waals surface area contributed by atoms with Crippen molar-refractivity contribution in [3.63, 3.8) is 0 Å². The largest absolute Gasteiger partial charge is 0.205 e. The molecule has 12 heavy (non-hydrogen) atoms. The van der Waals surface area contributed by atoms with Crippen LogP contribution in [0.4, 0.5) is 8.78 Å². The van der Waals surface area contributed by atoms with Gasteiger partial charge < -0.3 is 0 Å². The Kier molecular flexibility index (Phi) is 2.02. The lowest BCUT2D eigenvalue weighted by Crippen LogP contribution is -1.93. The zero-order valence-corrected chi connectivity index (χ0v) is 5.81. The standard InChI is InChI=1S/C8H2F2N2/c9-7-2-1-5(3-11)8(10)6(7)4-12/h1-2H. The zero-order chi connectivity index (χ0) is 9.14. The van der Waals surface area contributed by atoms with Gasteiger partial charge in [-0.15, -0.1) is 0 Å². The quantitative estimate of drug-likeness (QED) is 0.585. The predicted octanol–water partition coefficient (Wildman–Crippen LogP) is 1.71. The molecule has 0 saturated carbocycles. The molecule has 0 saturated heterocycles. The Labute approximate surface area is 67.3 Å². The highest BCUT2D eigenvalue weighted by Gasteiger charge is 2.12. The molecule has 4 heteroatoms. The van der Waals surface area contributed by atoms with Crippen LogP contribution in [0.5, 0.6) is 0 Å². The number of nitriles is 2. The van der Waals surface area contributed by atoms with E-state index in [2.05, 4.69) is 0 Å². The van der Waals surface area contributed by atoms with Crippen LogP contribution in [0.1, 0.15) is 11.1 Å². The molecule has 0 heterocycles. The molecule has 0 fully saturated rings. The first-order chi connectivity index (χ1) is 5.70. The van der Waals surface area contributed by atoms with Gasteiger partial charge in [0, 0.05) is 0 Å². The first-order valence-electron chi connectivity index (χ1n) is 2.99. The van der Waals surface area contributed by atoms with Gasteiger partial charge in [0.15, 0.2) is 5.82 Å². The van der Waals surface area contributed by atoms with E-state index < -0.39 is 17.2 Å². The highest BCUT2D eigenvalue weighted by molar-refractivity contribution is 5.41. The molecular weight excluding hydrogens is 162 g/mol. The lowest BCUT2D eigenvalue weighted by molar-refractivity contribution is 0.574. The second kappa shape index (κ2) is 2.98. The third kappa shape index (κ3) is 1.11. The van der Waals surface area contributed by atoms with Crippen molar-refractivity contribution >= 4 is 0 Å². The minimum atomic E-state index is -1.10. The van der Waals surface area contributed by atoms with Crippen LogP contribution in [0.2, 0.25) is 0 Å². The summed E-state index contributed by atoms with van der Waals surface area (Å²) in [5.74, 6) is -2.05. The summed E-state index contributed by atoms with van der Waals surface area (Å²) in [6, 6.07) is 4.72. The average Bonchev–Trinajstić information content (AvgIpc) is 2.06. The van der Waals surface area contributed by atoms with Gasteiger partial charge in [0.05, 0.1) is 5.56 Å². The molecule has 0 bridgehead atoms. The van der Waals surface area contributed by atoms with E-state index in [4.69, 9.17) is 10.5 Å². The van der Waals surface area contributed by atoms with Gasteiger partial charge in [-0.25, -0.2) is 8.78 Å². The lowest BCUT2D eigenvalue weighted by atomic mass is 10.1. The normalized spacial score (nSPS) is 8.67. The molecule has 0 radical (unpaired) electrons. The van der Waals surface area contributed by atoms with Gasteiger partial charge in [-0.1, -0.05) is 0 Å². The van der Waals surface area contributed by atoms with Gasteiger partial charge in [-0.2, -0.15) is 10.5 Å². The molecule has 58 valence electrons. The van der Waals surface area contributed by atoms with Gasteiger partial charge in [0.2, 0.25) is 0 Å². The summed E-state index contributed by atoms with van der Waals surface area (Å²) in [6.07, 6.45) is 0. The maximum atomic E-state index is 12.8. The number of halogens is 2. The van der Waals surface area contributed by atoms with Crippen LogP contribution >= 0.6 is 0 Å². The van der Waals surface area contributed by atoms with Gasteiger partial charge in [-0.05, 0) is 12.1 Å². The van der Waals surface area contributed by atoms with E-state index in [0.717, 1.165) is 12.1 Å². The Morgan fingerprint density at radius 2 is 1.75 bits per heavy atom. The van der Waals surface area contributed by atoms with Crippen molar-refractivity contribution in [1.29, 1.82) is 10.5 Å². The number of hydrogen-bond acceptors (Lipinski definition) is 2. The number of rotatable bonds is 0. The van der Waals surface area contributed by atoms with Crippen LogP contribution in [-0.4, -0.2) is 0 Å². The van der Waals surface area contributed by atoms with Crippen molar-refractivity contribution in [3.8, 4) is 12.1 Å². The smallest absolute Gasteiger partial charge is 0.161 e. The van der Waals surface area contributed by atoms with Crippen LogP contribution in [-0.2, 0) is 0 Å². The molecule has 1 aromatic carbocycles. The van der Waals surface area contributed by atoms with Crippen LogP contribution < -0.4 is 0 Å². The van der Waals surface area contributed by atoms with E-state index in [-0.39, 0.29) is 5.56 Å². The van der Waals surface area contributed by atoms with Crippen molar-refractivity contribution in [2.45, 2.75) is 0 Å². The third-order valence-corrected chi connectivity index (χ3v) is 1.32. The van der Waals surface area contributed by atoms with Crippen LogP contribution in [0, 0.1) is 34.3 Å². The molecule has 0 aromatic heterocycles. The van der Waals surface area contributed by atoms with Gasteiger partial charge in [0.1, 0.15) is 23.5 Å². The molecule has 0 aliphatic rings. The number of hydrogen-bond donors (Lipinski definition) is 0. The predicted molar refractivity (Wildman–Crippen MR) is 35.8 cm³/mol. The van der Waals surface area contributed by atoms with Crippen LogP contribution in [0.15, 0.2) is 12.1 Å². The Morgan fingerprint density at radius 1 is 1.08 bits per heavy atom. The van der Waals surface area contributed by atoms with Gasteiger partial charge in [-0.3, -0.25) is 0 Å². The Hall–Kier alpha value is -1.94. The lowest BCUT2D eigenvalue weighted by Gasteiger charge is -1.95. The van der Waals surface area contributed by atoms with E-state index in [1.165, 1.54) is 12.1 Å². The van der Waals surface area contributed by atoms with E-state index in [0.29, 0.717) is 0 Å². The summed E-state index contributed by atoms with van der Waals surface area (Å²) in [7, 11) is 0. The van der Waals surface area contributed by atoms with E-state index in [1.807, 2.05) is 0 Å². The average molecular weight is 164 g/mol. The molecule has 0 N–H and O–H groups in total. The second-order valence-electron chi connectivity index (χ2n) is 2.01. The van der Waals surface area contributed by atoms with Crippen molar-refractivity contribution < 1.29 is 8.78 Å². The molecule has 0 aliphatic carbocycles.